The maximum absolute atomic E-state index is 12.2. The number of carbonyl (C=O) groups excluding carboxylic acids is 1. The number of nitrogens with one attached hydrogen (secondary N) is 2. The Morgan fingerprint density at radius 2 is 2.05 bits per heavy atom. The van der Waals surface area contributed by atoms with Crippen molar-refractivity contribution in [3.05, 3.63) is 35.9 Å². The van der Waals surface area contributed by atoms with Crippen LogP contribution >= 0.6 is 0 Å². The van der Waals surface area contributed by atoms with E-state index in [1.165, 1.54) is 5.56 Å². The third-order valence-electron chi connectivity index (χ3n) is 3.86. The number of hydrogen-bond acceptors (Lipinski definition) is 3. The molecule has 1 aromatic carbocycles. The van der Waals surface area contributed by atoms with E-state index in [2.05, 4.69) is 29.7 Å². The van der Waals surface area contributed by atoms with E-state index >= 15 is 0 Å². The van der Waals surface area contributed by atoms with Gasteiger partial charge in [-0.2, -0.15) is 0 Å². The highest BCUT2D eigenvalue weighted by Crippen LogP contribution is 2.14. The van der Waals surface area contributed by atoms with Gasteiger partial charge in [0.05, 0.1) is 19.1 Å². The van der Waals surface area contributed by atoms with Gasteiger partial charge in [-0.25, -0.2) is 0 Å². The summed E-state index contributed by atoms with van der Waals surface area (Å²) in [5.74, 6) is 0.0717. The Labute approximate surface area is 127 Å². The summed E-state index contributed by atoms with van der Waals surface area (Å²) in [6.07, 6.45) is 3.04. The molecule has 0 saturated carbocycles. The molecular weight excluding hydrogens is 264 g/mol. The minimum absolute atomic E-state index is 0.0479. The third kappa shape index (κ3) is 5.14. The van der Waals surface area contributed by atoms with Crippen molar-refractivity contribution in [2.75, 3.05) is 26.3 Å². The summed E-state index contributed by atoms with van der Waals surface area (Å²) < 4.78 is 5.44. The lowest BCUT2D eigenvalue weighted by atomic mass is 10.0. The van der Waals surface area contributed by atoms with Crippen molar-refractivity contribution in [3.8, 4) is 0 Å². The van der Waals surface area contributed by atoms with E-state index in [1.807, 2.05) is 18.2 Å². The van der Waals surface area contributed by atoms with Gasteiger partial charge in [-0.1, -0.05) is 37.3 Å². The predicted octanol–water partition coefficient (Wildman–Crippen LogP) is 1.75. The van der Waals surface area contributed by atoms with Crippen molar-refractivity contribution >= 4 is 5.91 Å². The van der Waals surface area contributed by atoms with Crippen LogP contribution in [0.3, 0.4) is 0 Å². The molecule has 2 atom stereocenters. The van der Waals surface area contributed by atoms with Crippen LogP contribution in [0.4, 0.5) is 0 Å². The fourth-order valence-electron chi connectivity index (χ4n) is 2.62. The van der Waals surface area contributed by atoms with Gasteiger partial charge in [0.2, 0.25) is 5.91 Å². The van der Waals surface area contributed by atoms with Crippen LogP contribution in [-0.2, 0) is 16.0 Å². The lowest BCUT2D eigenvalue weighted by molar-refractivity contribution is -0.125. The number of carbonyl (C=O) groups is 1. The Bertz CT molecular complexity index is 422. The van der Waals surface area contributed by atoms with E-state index in [0.29, 0.717) is 13.2 Å². The van der Waals surface area contributed by atoms with Gasteiger partial charge in [-0.05, 0) is 31.4 Å². The van der Waals surface area contributed by atoms with Crippen molar-refractivity contribution in [2.45, 2.75) is 32.2 Å². The van der Waals surface area contributed by atoms with E-state index in [-0.39, 0.29) is 17.9 Å². The lowest BCUT2D eigenvalue weighted by Gasteiger charge is -2.18. The SMILES string of the molecule is CCCNC1COCC1C(=O)NCCCc1ccccc1. The molecule has 116 valence electrons. The van der Waals surface area contributed by atoms with E-state index in [4.69, 9.17) is 4.74 Å². The zero-order chi connectivity index (χ0) is 14.9. The Kier molecular flexibility index (Phi) is 6.70. The molecular formula is C17H26N2O2. The number of hydrogen-bond donors (Lipinski definition) is 2. The second-order valence-electron chi connectivity index (χ2n) is 5.58. The Balaban J connectivity index is 1.66. The molecule has 0 aliphatic carbocycles. The van der Waals surface area contributed by atoms with E-state index in [0.717, 1.165) is 32.4 Å². The molecule has 1 aliphatic rings. The summed E-state index contributed by atoms with van der Waals surface area (Å²) in [4.78, 5) is 12.2. The van der Waals surface area contributed by atoms with Crippen LogP contribution in [0.2, 0.25) is 0 Å². The molecule has 0 spiro atoms. The number of amides is 1. The second kappa shape index (κ2) is 8.80. The average molecular weight is 290 g/mol. The summed E-state index contributed by atoms with van der Waals surface area (Å²) >= 11 is 0. The molecule has 0 bridgehead atoms. The van der Waals surface area contributed by atoms with Crippen molar-refractivity contribution in [1.82, 2.24) is 10.6 Å². The molecule has 1 aromatic rings. The summed E-state index contributed by atoms with van der Waals surface area (Å²) in [5.41, 5.74) is 1.32. The summed E-state index contributed by atoms with van der Waals surface area (Å²) in [6.45, 7) is 4.96. The predicted molar refractivity (Wildman–Crippen MR) is 84.2 cm³/mol. The van der Waals surface area contributed by atoms with Gasteiger partial charge in [-0.15, -0.1) is 0 Å². The molecule has 1 heterocycles. The first-order chi connectivity index (χ1) is 10.3. The van der Waals surface area contributed by atoms with Gasteiger partial charge in [-0.3, -0.25) is 4.79 Å². The van der Waals surface area contributed by atoms with Crippen LogP contribution in [0, 0.1) is 5.92 Å². The van der Waals surface area contributed by atoms with Crippen molar-refractivity contribution in [1.29, 1.82) is 0 Å². The van der Waals surface area contributed by atoms with Crippen LogP contribution < -0.4 is 10.6 Å². The Hall–Kier alpha value is -1.39. The molecule has 2 rings (SSSR count). The molecule has 4 nitrogen and oxygen atoms in total. The van der Waals surface area contributed by atoms with E-state index in [1.54, 1.807) is 0 Å². The Morgan fingerprint density at radius 3 is 2.81 bits per heavy atom. The van der Waals surface area contributed by atoms with Crippen LogP contribution in [0.15, 0.2) is 30.3 Å². The minimum atomic E-state index is -0.0479. The monoisotopic (exact) mass is 290 g/mol. The van der Waals surface area contributed by atoms with Crippen LogP contribution in [-0.4, -0.2) is 38.3 Å². The average Bonchev–Trinajstić information content (AvgIpc) is 2.99. The zero-order valence-electron chi connectivity index (χ0n) is 12.8. The zero-order valence-corrected chi connectivity index (χ0v) is 12.8. The van der Waals surface area contributed by atoms with Crippen LogP contribution in [0.25, 0.3) is 0 Å². The van der Waals surface area contributed by atoms with Crippen molar-refractivity contribution in [2.24, 2.45) is 5.92 Å². The van der Waals surface area contributed by atoms with Crippen molar-refractivity contribution < 1.29 is 9.53 Å². The fourth-order valence-corrected chi connectivity index (χ4v) is 2.62. The summed E-state index contributed by atoms with van der Waals surface area (Å²) in [5, 5.41) is 6.44. The molecule has 2 N–H and O–H groups in total. The van der Waals surface area contributed by atoms with Crippen LogP contribution in [0.5, 0.6) is 0 Å². The molecule has 0 aromatic heterocycles. The first kappa shape index (κ1) is 16.0. The normalized spacial score (nSPS) is 21.4. The summed E-state index contributed by atoms with van der Waals surface area (Å²) in [6, 6.07) is 10.5. The van der Waals surface area contributed by atoms with Gasteiger partial charge in [0, 0.05) is 12.6 Å². The quantitative estimate of drug-likeness (QED) is 0.717. The Morgan fingerprint density at radius 1 is 1.24 bits per heavy atom. The van der Waals surface area contributed by atoms with Gasteiger partial charge in [0.1, 0.15) is 0 Å². The lowest BCUT2D eigenvalue weighted by Crippen LogP contribution is -2.44. The number of ether oxygens (including phenoxy) is 1. The maximum Gasteiger partial charge on any atom is 0.227 e. The second-order valence-corrected chi connectivity index (χ2v) is 5.58. The minimum Gasteiger partial charge on any atom is -0.379 e. The molecule has 0 radical (unpaired) electrons. The first-order valence-corrected chi connectivity index (χ1v) is 7.94. The standard InChI is InChI=1S/C17H26N2O2/c1-2-10-18-16-13-21-12-15(16)17(20)19-11-6-9-14-7-4-3-5-8-14/h3-5,7-8,15-16,18H,2,6,9-13H2,1H3,(H,19,20). The topological polar surface area (TPSA) is 50.4 Å². The van der Waals surface area contributed by atoms with Crippen LogP contribution in [0.1, 0.15) is 25.3 Å². The smallest absolute Gasteiger partial charge is 0.227 e. The molecule has 1 saturated heterocycles. The molecule has 1 fully saturated rings. The fraction of sp³-hybridized carbons (Fsp3) is 0.588. The molecule has 1 aliphatic heterocycles. The van der Waals surface area contributed by atoms with Gasteiger partial charge in [0.25, 0.3) is 0 Å². The maximum atomic E-state index is 12.2. The molecule has 2 unspecified atom stereocenters. The summed E-state index contributed by atoms with van der Waals surface area (Å²) in [7, 11) is 0. The number of aryl methyl sites for hydroxylation is 1. The molecule has 1 amide bonds. The molecule has 21 heavy (non-hydrogen) atoms. The largest absolute Gasteiger partial charge is 0.379 e. The highest BCUT2D eigenvalue weighted by Gasteiger charge is 2.33. The molecule has 4 heteroatoms. The van der Waals surface area contributed by atoms with Gasteiger partial charge < -0.3 is 15.4 Å². The third-order valence-corrected chi connectivity index (χ3v) is 3.86. The van der Waals surface area contributed by atoms with Crippen molar-refractivity contribution in [3.63, 3.8) is 0 Å². The van der Waals surface area contributed by atoms with E-state index in [9.17, 15) is 4.79 Å². The highest BCUT2D eigenvalue weighted by molar-refractivity contribution is 5.79. The van der Waals surface area contributed by atoms with Gasteiger partial charge >= 0.3 is 0 Å². The van der Waals surface area contributed by atoms with Gasteiger partial charge in [0.15, 0.2) is 0 Å². The first-order valence-electron chi connectivity index (χ1n) is 7.94. The van der Waals surface area contributed by atoms with E-state index < -0.39 is 0 Å². The number of benzene rings is 1. The number of rotatable bonds is 8. The highest BCUT2D eigenvalue weighted by atomic mass is 16.5.